The van der Waals surface area contributed by atoms with Gasteiger partial charge >= 0.3 is 0 Å². The van der Waals surface area contributed by atoms with Crippen molar-refractivity contribution >= 4 is 17.3 Å². The topological polar surface area (TPSA) is 57.1 Å². The number of hydrogen-bond donors (Lipinski definition) is 1. The van der Waals surface area contributed by atoms with E-state index >= 15 is 0 Å². The number of rotatable bonds is 12. The molecule has 1 amide bonds. The maximum Gasteiger partial charge on any atom is 0.266 e. The van der Waals surface area contributed by atoms with Crippen LogP contribution in [0.2, 0.25) is 0 Å². The Labute approximate surface area is 179 Å². The van der Waals surface area contributed by atoms with Crippen molar-refractivity contribution in [2.45, 2.75) is 6.92 Å². The first-order valence-corrected chi connectivity index (χ1v) is 9.27. The van der Waals surface area contributed by atoms with Gasteiger partial charge in [0, 0.05) is 11.8 Å². The molecule has 5 nitrogen and oxygen atoms in total. The van der Waals surface area contributed by atoms with Gasteiger partial charge < -0.3 is 0 Å². The zero-order chi connectivity index (χ0) is 22.4. The maximum absolute atomic E-state index is 12.4. The lowest BCUT2D eigenvalue weighted by molar-refractivity contribution is -0.125. The Morgan fingerprint density at radius 2 is 1.70 bits per heavy atom. The molecule has 0 bridgehead atoms. The molecule has 0 saturated carbocycles. The third-order valence-corrected chi connectivity index (χ3v) is 3.88. The van der Waals surface area contributed by atoms with Crippen molar-refractivity contribution in [1.82, 2.24) is 10.4 Å². The molecule has 0 spiro atoms. The second-order valence-electron chi connectivity index (χ2n) is 5.97. The summed E-state index contributed by atoms with van der Waals surface area (Å²) in [6, 6.07) is 7.65. The lowest BCUT2D eigenvalue weighted by atomic mass is 10.1. The number of allylic oxidation sites excluding steroid dienone is 5. The summed E-state index contributed by atoms with van der Waals surface area (Å²) < 4.78 is 0. The number of carbonyl (C=O) groups is 1. The van der Waals surface area contributed by atoms with Crippen LogP contribution in [0.5, 0.6) is 0 Å². The summed E-state index contributed by atoms with van der Waals surface area (Å²) >= 11 is 0. The average Bonchev–Trinajstić information content (AvgIpc) is 2.78. The van der Waals surface area contributed by atoms with E-state index in [-0.39, 0.29) is 12.5 Å². The number of hydrazone groups is 2. The third kappa shape index (κ3) is 7.56. The molecule has 1 N–H and O–H groups in total. The van der Waals surface area contributed by atoms with E-state index < -0.39 is 0 Å². The van der Waals surface area contributed by atoms with Gasteiger partial charge in [-0.05, 0) is 30.2 Å². The van der Waals surface area contributed by atoms with E-state index in [1.807, 2.05) is 37.3 Å². The van der Waals surface area contributed by atoms with Crippen molar-refractivity contribution in [2.24, 2.45) is 10.2 Å². The largest absolute Gasteiger partial charge is 0.286 e. The van der Waals surface area contributed by atoms with E-state index in [0.29, 0.717) is 5.71 Å². The summed E-state index contributed by atoms with van der Waals surface area (Å²) in [5, 5.41) is 10.0. The van der Waals surface area contributed by atoms with Gasteiger partial charge in [-0.15, -0.1) is 0 Å². The minimum Gasteiger partial charge on any atom is -0.286 e. The lowest BCUT2D eigenvalue weighted by Crippen LogP contribution is -2.27. The Balaban J connectivity index is 3.26. The number of carbonyl (C=O) groups excluding carboxylic acids is 1. The van der Waals surface area contributed by atoms with Crippen LogP contribution in [0, 0.1) is 0 Å². The highest BCUT2D eigenvalue weighted by atomic mass is 16.2. The number of nitrogens with zero attached hydrogens (tertiary/aromatic N) is 3. The van der Waals surface area contributed by atoms with Gasteiger partial charge in [0.2, 0.25) is 0 Å². The molecule has 154 valence electrons. The van der Waals surface area contributed by atoms with Crippen LogP contribution < -0.4 is 5.43 Å². The Kier molecular flexibility index (Phi) is 10.6. The molecular formula is C25H28N4O. The highest BCUT2D eigenvalue weighted by Gasteiger charge is 2.12. The fourth-order valence-electron chi connectivity index (χ4n) is 2.38. The highest BCUT2D eigenvalue weighted by molar-refractivity contribution is 6.09. The molecular weight excluding hydrogens is 372 g/mol. The Bertz CT molecular complexity index is 915. The van der Waals surface area contributed by atoms with Gasteiger partial charge in [0.05, 0.1) is 18.0 Å². The second-order valence-corrected chi connectivity index (χ2v) is 5.97. The fraction of sp³-hybridized carbons (Fsp3) is 0.0800. The molecule has 1 aromatic carbocycles. The fourth-order valence-corrected chi connectivity index (χ4v) is 2.38. The van der Waals surface area contributed by atoms with Crippen LogP contribution in [-0.2, 0) is 4.79 Å². The molecule has 0 aliphatic carbocycles. The van der Waals surface area contributed by atoms with Crippen molar-refractivity contribution < 1.29 is 4.79 Å². The van der Waals surface area contributed by atoms with Crippen LogP contribution >= 0.6 is 0 Å². The summed E-state index contributed by atoms with van der Waals surface area (Å²) in [6.07, 6.45) is 13.1. The molecule has 1 rings (SSSR count). The summed E-state index contributed by atoms with van der Waals surface area (Å²) in [5.41, 5.74) is 6.69. The van der Waals surface area contributed by atoms with Crippen LogP contribution in [0.4, 0.5) is 0 Å². The molecule has 0 aromatic heterocycles. The molecule has 0 unspecified atom stereocenters. The van der Waals surface area contributed by atoms with Crippen LogP contribution in [0.3, 0.4) is 0 Å². The molecule has 0 heterocycles. The smallest absolute Gasteiger partial charge is 0.266 e. The molecule has 0 radical (unpaired) electrons. The van der Waals surface area contributed by atoms with Gasteiger partial charge in [0.15, 0.2) is 0 Å². The van der Waals surface area contributed by atoms with Gasteiger partial charge in [-0.1, -0.05) is 87.5 Å². The molecule has 0 aliphatic heterocycles. The second kappa shape index (κ2) is 13.2. The first-order valence-electron chi connectivity index (χ1n) is 9.27. The van der Waals surface area contributed by atoms with E-state index in [2.05, 4.69) is 48.5 Å². The minimum absolute atomic E-state index is 0.246. The van der Waals surface area contributed by atoms with Crippen molar-refractivity contribution in [1.29, 1.82) is 0 Å². The first-order chi connectivity index (χ1) is 14.5. The van der Waals surface area contributed by atoms with Crippen molar-refractivity contribution in [3.05, 3.63) is 123 Å². The molecule has 0 aliphatic rings. The van der Waals surface area contributed by atoms with E-state index in [4.69, 9.17) is 0 Å². The number of amides is 1. The molecule has 1 aromatic rings. The quantitative estimate of drug-likeness (QED) is 0.235. The molecule has 0 atom stereocenters. The van der Waals surface area contributed by atoms with Crippen molar-refractivity contribution in [2.75, 3.05) is 6.54 Å². The van der Waals surface area contributed by atoms with Crippen LogP contribution in [0.1, 0.15) is 18.1 Å². The van der Waals surface area contributed by atoms with Crippen molar-refractivity contribution in [3.8, 4) is 0 Å². The van der Waals surface area contributed by atoms with Crippen LogP contribution in [0.15, 0.2) is 122 Å². The number of nitrogens with one attached hydrogen (secondary N) is 1. The zero-order valence-corrected chi connectivity index (χ0v) is 17.4. The minimum atomic E-state index is -0.327. The SMILES string of the molecule is C=C/C=C\C(=C/C=C)CN(/N=C(\C=C)c1ccc(/C(C)=N/NC=C)cc1)C(=O)C=C. The number of hydrogen-bond acceptors (Lipinski definition) is 4. The van der Waals surface area contributed by atoms with E-state index in [1.54, 1.807) is 30.4 Å². The number of benzene rings is 1. The standard InChI is InChI=1S/C25H28N4O/c1-7-12-14-21(13-8-2)19-29(25(30)10-4)28-24(9-3)23-17-15-22(16-18-23)20(6)27-26-11-5/h7-18,26H,1-5,19H2,6H3/b14-12-,21-13+,27-20+,28-24+. The Morgan fingerprint density at radius 3 is 2.23 bits per heavy atom. The lowest BCUT2D eigenvalue weighted by Gasteiger charge is -2.17. The maximum atomic E-state index is 12.4. The van der Waals surface area contributed by atoms with Gasteiger partial charge in [-0.3, -0.25) is 10.2 Å². The average molecular weight is 401 g/mol. The van der Waals surface area contributed by atoms with Crippen molar-refractivity contribution in [3.63, 3.8) is 0 Å². The zero-order valence-electron chi connectivity index (χ0n) is 17.4. The van der Waals surface area contributed by atoms with Crippen LogP contribution in [0.25, 0.3) is 0 Å². The predicted molar refractivity (Wildman–Crippen MR) is 128 cm³/mol. The predicted octanol–water partition coefficient (Wildman–Crippen LogP) is 4.90. The summed E-state index contributed by atoms with van der Waals surface area (Å²) in [7, 11) is 0. The summed E-state index contributed by atoms with van der Waals surface area (Å²) in [6.45, 7) is 20.5. The van der Waals surface area contributed by atoms with E-state index in [0.717, 1.165) is 22.4 Å². The third-order valence-electron chi connectivity index (χ3n) is 3.88. The summed E-state index contributed by atoms with van der Waals surface area (Å²) in [5.74, 6) is -0.327. The van der Waals surface area contributed by atoms with Gasteiger partial charge in [0.25, 0.3) is 5.91 Å². The molecule has 0 saturated heterocycles. The van der Waals surface area contributed by atoms with Gasteiger partial charge in [-0.2, -0.15) is 10.2 Å². The van der Waals surface area contributed by atoms with Crippen LogP contribution in [-0.4, -0.2) is 28.9 Å². The Morgan fingerprint density at radius 1 is 1.03 bits per heavy atom. The summed E-state index contributed by atoms with van der Waals surface area (Å²) in [4.78, 5) is 12.4. The molecule has 5 heteroatoms. The first kappa shape index (κ1) is 24.0. The van der Waals surface area contributed by atoms with E-state index in [1.165, 1.54) is 17.3 Å². The molecule has 30 heavy (non-hydrogen) atoms. The normalized spacial score (nSPS) is 12.2. The Hall–Kier alpha value is -3.99. The monoisotopic (exact) mass is 400 g/mol. The van der Waals surface area contributed by atoms with Gasteiger partial charge in [-0.25, -0.2) is 5.01 Å². The van der Waals surface area contributed by atoms with E-state index in [9.17, 15) is 4.79 Å². The van der Waals surface area contributed by atoms with Gasteiger partial charge in [0.1, 0.15) is 0 Å². The molecule has 0 fully saturated rings. The highest BCUT2D eigenvalue weighted by Crippen LogP contribution is 2.11.